The van der Waals surface area contributed by atoms with Gasteiger partial charge in [-0.3, -0.25) is 4.21 Å². The molecule has 6 nitrogen and oxygen atoms in total. The molecule has 8 heteroatoms. The van der Waals surface area contributed by atoms with Gasteiger partial charge in [0.1, 0.15) is 10.7 Å². The summed E-state index contributed by atoms with van der Waals surface area (Å²) in [7, 11) is -1.07. The Balaban J connectivity index is 1.47. The third-order valence-corrected chi connectivity index (χ3v) is 7.91. The Bertz CT molecular complexity index is 935. The Hall–Kier alpha value is -1.51. The van der Waals surface area contributed by atoms with Gasteiger partial charge in [0.25, 0.3) is 0 Å². The average molecular weight is 493 g/mol. The molecular weight excluding hydrogens is 464 g/mol. The summed E-state index contributed by atoms with van der Waals surface area (Å²) in [5.74, 6) is 2.27. The van der Waals surface area contributed by atoms with E-state index in [9.17, 15) is 9.32 Å². The number of rotatable bonds is 10. The number of aliphatic hydroxyl groups is 1. The monoisotopic (exact) mass is 492 g/mol. The number of anilines is 2. The molecule has 1 aliphatic heterocycles. The van der Waals surface area contributed by atoms with Crippen LogP contribution in [0.25, 0.3) is 0 Å². The number of nitrogens with one attached hydrogen (secondary N) is 2. The highest BCUT2D eigenvalue weighted by molar-refractivity contribution is 9.10. The van der Waals surface area contributed by atoms with E-state index in [-0.39, 0.29) is 12.1 Å². The number of aliphatic hydroxyl groups excluding tert-OH is 1. The second kappa shape index (κ2) is 9.32. The molecule has 2 heterocycles. The number of aryl methyl sites for hydroxylation is 1. The smallest absolute Gasteiger partial charge is 0.224 e. The van der Waals surface area contributed by atoms with Gasteiger partial charge in [0.05, 0.1) is 28.6 Å². The van der Waals surface area contributed by atoms with Crippen LogP contribution < -0.4 is 10.6 Å². The molecule has 2 unspecified atom stereocenters. The van der Waals surface area contributed by atoms with Crippen LogP contribution in [0.3, 0.4) is 0 Å². The standard InChI is InChI=1S/C22H29BrN4O2S/c1-2-4-15(16-5-3-6-17(23)13-16)7-11-24-21-25-18-8-12-30(29)19(18)20(26-21)27-22(14-28)9-10-22/h3,5-6,13,15,28H,2,4,7-12,14H2,1H3,(H2,24,25,26,27). The van der Waals surface area contributed by atoms with Crippen LogP contribution in [-0.2, 0) is 17.2 Å². The molecule has 1 aromatic heterocycles. The predicted molar refractivity (Wildman–Crippen MR) is 125 cm³/mol. The van der Waals surface area contributed by atoms with E-state index in [1.165, 1.54) is 5.56 Å². The van der Waals surface area contributed by atoms with Gasteiger partial charge in [-0.15, -0.1) is 0 Å². The van der Waals surface area contributed by atoms with E-state index in [1.807, 2.05) is 0 Å². The fourth-order valence-electron chi connectivity index (χ4n) is 4.03. The van der Waals surface area contributed by atoms with Crippen molar-refractivity contribution in [1.82, 2.24) is 9.97 Å². The van der Waals surface area contributed by atoms with E-state index < -0.39 is 10.8 Å². The van der Waals surface area contributed by atoms with E-state index in [4.69, 9.17) is 0 Å². The quantitative estimate of drug-likeness (QED) is 0.460. The maximum atomic E-state index is 12.5. The molecule has 2 aromatic rings. The molecule has 0 saturated heterocycles. The van der Waals surface area contributed by atoms with Crippen LogP contribution in [0.4, 0.5) is 11.8 Å². The first-order valence-corrected chi connectivity index (χ1v) is 12.8. The second-order valence-electron chi connectivity index (χ2n) is 8.29. The van der Waals surface area contributed by atoms with Crippen molar-refractivity contribution in [2.75, 3.05) is 29.5 Å². The maximum absolute atomic E-state index is 12.5. The Kier molecular flexibility index (Phi) is 6.75. The van der Waals surface area contributed by atoms with Crippen LogP contribution in [0, 0.1) is 0 Å². The number of fused-ring (bicyclic) bond motifs is 1. The summed E-state index contributed by atoms with van der Waals surface area (Å²) in [6, 6.07) is 8.54. The first-order chi connectivity index (χ1) is 14.5. The van der Waals surface area contributed by atoms with Crippen LogP contribution >= 0.6 is 15.9 Å². The van der Waals surface area contributed by atoms with Gasteiger partial charge in [0.2, 0.25) is 5.95 Å². The highest BCUT2D eigenvalue weighted by atomic mass is 79.9. The molecule has 1 saturated carbocycles. The van der Waals surface area contributed by atoms with Crippen molar-refractivity contribution in [2.24, 2.45) is 0 Å². The summed E-state index contributed by atoms with van der Waals surface area (Å²) in [5, 5.41) is 16.4. The molecule has 2 atom stereocenters. The largest absolute Gasteiger partial charge is 0.394 e. The summed E-state index contributed by atoms with van der Waals surface area (Å²) in [5.41, 5.74) is 1.90. The van der Waals surface area contributed by atoms with Crippen LogP contribution in [0.2, 0.25) is 0 Å². The molecule has 1 aliphatic carbocycles. The van der Waals surface area contributed by atoms with Crippen molar-refractivity contribution in [2.45, 2.75) is 61.8 Å². The van der Waals surface area contributed by atoms with E-state index in [1.54, 1.807) is 0 Å². The molecule has 0 spiro atoms. The minimum absolute atomic E-state index is 0.0620. The zero-order valence-electron chi connectivity index (χ0n) is 17.3. The molecule has 4 rings (SSSR count). The molecule has 30 heavy (non-hydrogen) atoms. The van der Waals surface area contributed by atoms with Gasteiger partial charge in [0, 0.05) is 23.2 Å². The Morgan fingerprint density at radius 2 is 2.13 bits per heavy atom. The highest BCUT2D eigenvalue weighted by Crippen LogP contribution is 2.40. The van der Waals surface area contributed by atoms with E-state index in [0.29, 0.717) is 29.9 Å². The third kappa shape index (κ3) is 4.86. The summed E-state index contributed by atoms with van der Waals surface area (Å²) >= 11 is 3.58. The normalized spacial score (nSPS) is 19.9. The van der Waals surface area contributed by atoms with Crippen LogP contribution in [0.1, 0.15) is 56.2 Å². The third-order valence-electron chi connectivity index (χ3n) is 5.96. The molecule has 0 bridgehead atoms. The minimum atomic E-state index is -1.07. The number of aromatic nitrogens is 2. The van der Waals surface area contributed by atoms with Gasteiger partial charge >= 0.3 is 0 Å². The van der Waals surface area contributed by atoms with E-state index in [2.05, 4.69) is 67.7 Å². The molecule has 162 valence electrons. The highest BCUT2D eigenvalue weighted by Gasteiger charge is 2.43. The second-order valence-corrected chi connectivity index (χ2v) is 10.7. The molecule has 0 radical (unpaired) electrons. The number of hydrogen-bond acceptors (Lipinski definition) is 6. The Labute approximate surface area is 188 Å². The zero-order chi connectivity index (χ0) is 21.1. The lowest BCUT2D eigenvalue weighted by atomic mass is 9.91. The molecule has 1 aromatic carbocycles. The lowest BCUT2D eigenvalue weighted by Gasteiger charge is -2.19. The maximum Gasteiger partial charge on any atom is 0.224 e. The van der Waals surface area contributed by atoms with Crippen molar-refractivity contribution >= 4 is 38.5 Å². The molecule has 0 amide bonds. The van der Waals surface area contributed by atoms with Gasteiger partial charge in [-0.05, 0) is 49.3 Å². The van der Waals surface area contributed by atoms with Gasteiger partial charge in [-0.2, -0.15) is 4.98 Å². The summed E-state index contributed by atoms with van der Waals surface area (Å²) in [4.78, 5) is 10.0. The summed E-state index contributed by atoms with van der Waals surface area (Å²) in [6.07, 6.45) is 5.77. The molecule has 2 aliphatic rings. The lowest BCUT2D eigenvalue weighted by Crippen LogP contribution is -2.27. The minimum Gasteiger partial charge on any atom is -0.394 e. The lowest BCUT2D eigenvalue weighted by molar-refractivity contribution is 0.265. The van der Waals surface area contributed by atoms with Gasteiger partial charge in [0.15, 0.2) is 0 Å². The number of halogens is 1. The first-order valence-electron chi connectivity index (χ1n) is 10.7. The zero-order valence-corrected chi connectivity index (χ0v) is 19.7. The molecule has 1 fully saturated rings. The van der Waals surface area contributed by atoms with E-state index >= 15 is 0 Å². The van der Waals surface area contributed by atoms with Crippen molar-refractivity contribution in [3.63, 3.8) is 0 Å². The van der Waals surface area contributed by atoms with Crippen molar-refractivity contribution in [3.8, 4) is 0 Å². The SMILES string of the molecule is CCCC(CCNc1nc2c(c(NC3(CO)CC3)n1)S(=O)CC2)c1cccc(Br)c1. The van der Waals surface area contributed by atoms with Crippen LogP contribution in [0.15, 0.2) is 33.6 Å². The first kappa shape index (κ1) is 21.7. The molecular formula is C22H29BrN4O2S. The van der Waals surface area contributed by atoms with Crippen LogP contribution in [-0.4, -0.2) is 43.7 Å². The number of nitrogens with zero attached hydrogens (tertiary/aromatic N) is 2. The summed E-state index contributed by atoms with van der Waals surface area (Å²) in [6.45, 7) is 3.05. The van der Waals surface area contributed by atoms with Gasteiger partial charge in [-0.1, -0.05) is 41.4 Å². The van der Waals surface area contributed by atoms with Gasteiger partial charge in [-0.25, -0.2) is 4.98 Å². The fraction of sp³-hybridized carbons (Fsp3) is 0.545. The predicted octanol–water partition coefficient (Wildman–Crippen LogP) is 4.23. The Morgan fingerprint density at radius 1 is 1.30 bits per heavy atom. The average Bonchev–Trinajstić information content (AvgIpc) is 3.41. The number of benzene rings is 1. The van der Waals surface area contributed by atoms with E-state index in [0.717, 1.165) is 53.7 Å². The van der Waals surface area contributed by atoms with Crippen molar-refractivity contribution < 1.29 is 9.32 Å². The van der Waals surface area contributed by atoms with Crippen LogP contribution in [0.5, 0.6) is 0 Å². The van der Waals surface area contributed by atoms with Gasteiger partial charge < -0.3 is 15.7 Å². The van der Waals surface area contributed by atoms with Crippen molar-refractivity contribution in [1.29, 1.82) is 0 Å². The topological polar surface area (TPSA) is 87.1 Å². The Morgan fingerprint density at radius 3 is 2.83 bits per heavy atom. The fourth-order valence-corrected chi connectivity index (χ4v) is 5.75. The molecule has 3 N–H and O–H groups in total. The number of hydrogen-bond donors (Lipinski definition) is 3. The van der Waals surface area contributed by atoms with Crippen molar-refractivity contribution in [3.05, 3.63) is 40.0 Å². The summed E-state index contributed by atoms with van der Waals surface area (Å²) < 4.78 is 13.6.